The van der Waals surface area contributed by atoms with Crippen LogP contribution in [-0.2, 0) is 6.54 Å². The molecule has 1 amide bonds. The predicted octanol–water partition coefficient (Wildman–Crippen LogP) is 3.67. The van der Waals surface area contributed by atoms with Crippen LogP contribution in [0.4, 0.5) is 4.39 Å². The van der Waals surface area contributed by atoms with E-state index in [4.69, 9.17) is 0 Å². The summed E-state index contributed by atoms with van der Waals surface area (Å²) in [6.07, 6.45) is 0. The number of nitrogens with zero attached hydrogens (tertiary/aromatic N) is 3. The molecule has 0 spiro atoms. The molecule has 0 saturated carbocycles. The lowest BCUT2D eigenvalue weighted by molar-refractivity contribution is 0.0634. The molecule has 6 heteroatoms. The highest BCUT2D eigenvalue weighted by Crippen LogP contribution is 2.27. The first-order valence-electron chi connectivity index (χ1n) is 8.98. The molecule has 1 aliphatic heterocycles. The summed E-state index contributed by atoms with van der Waals surface area (Å²) < 4.78 is 15.6. The van der Waals surface area contributed by atoms with E-state index in [2.05, 4.69) is 11.8 Å². The number of piperazine rings is 1. The van der Waals surface area contributed by atoms with Crippen LogP contribution in [-0.4, -0.2) is 53.0 Å². The van der Waals surface area contributed by atoms with E-state index in [0.717, 1.165) is 48.5 Å². The van der Waals surface area contributed by atoms with E-state index in [1.165, 1.54) is 12.1 Å². The highest BCUT2D eigenvalue weighted by molar-refractivity contribution is 7.16. The van der Waals surface area contributed by atoms with Gasteiger partial charge in [-0.05, 0) is 41.8 Å². The van der Waals surface area contributed by atoms with Crippen molar-refractivity contribution in [3.63, 3.8) is 0 Å². The Kier molecular flexibility index (Phi) is 4.78. The average molecular weight is 371 g/mol. The Balaban J connectivity index is 1.64. The highest BCUT2D eigenvalue weighted by atomic mass is 32.1. The number of benzene rings is 1. The molecule has 0 aliphatic carbocycles. The van der Waals surface area contributed by atoms with Gasteiger partial charge in [-0.2, -0.15) is 0 Å². The summed E-state index contributed by atoms with van der Waals surface area (Å²) in [7, 11) is 0. The molecule has 1 fully saturated rings. The highest BCUT2D eigenvalue weighted by Gasteiger charge is 2.25. The van der Waals surface area contributed by atoms with Crippen molar-refractivity contribution in [3.05, 3.63) is 58.9 Å². The largest absolute Gasteiger partial charge is 0.335 e. The molecule has 1 aromatic carbocycles. The summed E-state index contributed by atoms with van der Waals surface area (Å²) >= 11 is 1.62. The Morgan fingerprint density at radius 2 is 1.96 bits per heavy atom. The minimum atomic E-state index is -0.249. The van der Waals surface area contributed by atoms with Gasteiger partial charge in [-0.3, -0.25) is 4.79 Å². The van der Waals surface area contributed by atoms with Crippen LogP contribution >= 0.6 is 11.3 Å². The molecule has 1 aliphatic rings. The third-order valence-corrected chi connectivity index (χ3v) is 6.01. The second-order valence-electron chi connectivity index (χ2n) is 6.65. The molecule has 26 heavy (non-hydrogen) atoms. The van der Waals surface area contributed by atoms with Gasteiger partial charge in [0, 0.05) is 38.1 Å². The van der Waals surface area contributed by atoms with Crippen molar-refractivity contribution in [1.82, 2.24) is 14.4 Å². The molecule has 3 heterocycles. The fraction of sp³-hybridized carbons (Fsp3) is 0.350. The van der Waals surface area contributed by atoms with Crippen LogP contribution in [0.15, 0.2) is 41.8 Å². The number of rotatable bonds is 4. The fourth-order valence-corrected chi connectivity index (χ4v) is 4.45. The average Bonchev–Trinajstić information content (AvgIpc) is 3.24. The molecule has 0 bridgehead atoms. The van der Waals surface area contributed by atoms with Crippen LogP contribution in [0.3, 0.4) is 0 Å². The number of hydrogen-bond acceptors (Lipinski definition) is 3. The van der Waals surface area contributed by atoms with Gasteiger partial charge in [-0.15, -0.1) is 11.3 Å². The van der Waals surface area contributed by atoms with Crippen LogP contribution in [0.25, 0.3) is 10.2 Å². The van der Waals surface area contributed by atoms with E-state index in [1.54, 1.807) is 17.4 Å². The van der Waals surface area contributed by atoms with Crippen molar-refractivity contribution in [1.29, 1.82) is 0 Å². The zero-order valence-corrected chi connectivity index (χ0v) is 15.6. The Morgan fingerprint density at radius 1 is 1.15 bits per heavy atom. The zero-order valence-electron chi connectivity index (χ0n) is 14.8. The number of fused-ring (bicyclic) bond motifs is 1. The minimum absolute atomic E-state index is 0.0700. The van der Waals surface area contributed by atoms with Gasteiger partial charge in [0.15, 0.2) is 0 Å². The maximum Gasteiger partial charge on any atom is 0.270 e. The first kappa shape index (κ1) is 17.2. The molecule has 136 valence electrons. The van der Waals surface area contributed by atoms with Gasteiger partial charge in [0.2, 0.25) is 0 Å². The van der Waals surface area contributed by atoms with Gasteiger partial charge in [-0.25, -0.2) is 4.39 Å². The third-order valence-electron chi connectivity index (χ3n) is 5.06. The van der Waals surface area contributed by atoms with Gasteiger partial charge in [-0.1, -0.05) is 19.1 Å². The van der Waals surface area contributed by atoms with Gasteiger partial charge in [0.1, 0.15) is 16.3 Å². The lowest BCUT2D eigenvalue weighted by atomic mass is 10.2. The second kappa shape index (κ2) is 7.21. The summed E-state index contributed by atoms with van der Waals surface area (Å²) in [6, 6.07) is 10.6. The van der Waals surface area contributed by atoms with E-state index < -0.39 is 0 Å². The zero-order chi connectivity index (χ0) is 18.1. The van der Waals surface area contributed by atoms with E-state index >= 15 is 0 Å². The Morgan fingerprint density at radius 3 is 2.69 bits per heavy atom. The molecule has 2 aromatic heterocycles. The van der Waals surface area contributed by atoms with Crippen molar-refractivity contribution in [2.75, 3.05) is 32.7 Å². The number of amides is 1. The van der Waals surface area contributed by atoms with Gasteiger partial charge >= 0.3 is 0 Å². The van der Waals surface area contributed by atoms with Crippen LogP contribution < -0.4 is 0 Å². The molecule has 0 radical (unpaired) electrons. The summed E-state index contributed by atoms with van der Waals surface area (Å²) in [5.74, 6) is -0.179. The number of likely N-dealkylation sites (N-methyl/N-ethyl adjacent to an activating group) is 1. The van der Waals surface area contributed by atoms with Crippen molar-refractivity contribution < 1.29 is 9.18 Å². The van der Waals surface area contributed by atoms with Crippen LogP contribution in [0.2, 0.25) is 0 Å². The molecular weight excluding hydrogens is 349 g/mol. The SMILES string of the molecule is CCN1CCN(C(=O)c2cc3ccsc3n2Cc2cccc(F)c2)CC1. The molecule has 4 rings (SSSR count). The molecular formula is C20H22FN3OS. The minimum Gasteiger partial charge on any atom is -0.335 e. The lowest BCUT2D eigenvalue weighted by Crippen LogP contribution is -2.48. The Bertz CT molecular complexity index is 924. The topological polar surface area (TPSA) is 28.5 Å². The molecule has 3 aromatic rings. The number of carbonyl (C=O) groups excluding carboxylic acids is 1. The van der Waals surface area contributed by atoms with Crippen molar-refractivity contribution >= 4 is 27.5 Å². The van der Waals surface area contributed by atoms with Crippen molar-refractivity contribution in [3.8, 4) is 0 Å². The maximum atomic E-state index is 13.6. The lowest BCUT2D eigenvalue weighted by Gasteiger charge is -2.34. The Hall–Kier alpha value is -2.18. The van der Waals surface area contributed by atoms with E-state index in [1.807, 2.05) is 33.0 Å². The summed E-state index contributed by atoms with van der Waals surface area (Å²) in [6.45, 7) is 7.01. The van der Waals surface area contributed by atoms with Gasteiger partial charge in [0.25, 0.3) is 5.91 Å². The second-order valence-corrected chi connectivity index (χ2v) is 7.55. The molecule has 0 atom stereocenters. The molecule has 0 unspecified atom stereocenters. The van der Waals surface area contributed by atoms with Crippen LogP contribution in [0.5, 0.6) is 0 Å². The summed E-state index contributed by atoms with van der Waals surface area (Å²) in [5.41, 5.74) is 1.56. The van der Waals surface area contributed by atoms with E-state index in [9.17, 15) is 9.18 Å². The van der Waals surface area contributed by atoms with Gasteiger partial charge in [0.05, 0.1) is 0 Å². The number of thiophene rings is 1. The molecule has 1 saturated heterocycles. The predicted molar refractivity (Wildman–Crippen MR) is 103 cm³/mol. The number of halogens is 1. The van der Waals surface area contributed by atoms with Crippen molar-refractivity contribution in [2.45, 2.75) is 13.5 Å². The quantitative estimate of drug-likeness (QED) is 0.700. The van der Waals surface area contributed by atoms with E-state index in [0.29, 0.717) is 12.2 Å². The number of aromatic nitrogens is 1. The molecule has 4 nitrogen and oxygen atoms in total. The summed E-state index contributed by atoms with van der Waals surface area (Å²) in [4.78, 5) is 18.5. The number of hydrogen-bond donors (Lipinski definition) is 0. The standard InChI is InChI=1S/C20H22FN3OS/c1-2-22-7-9-23(10-8-22)19(25)18-13-16-6-11-26-20(16)24(18)14-15-4-3-5-17(21)12-15/h3-6,11-13H,2,7-10,14H2,1H3. The fourth-order valence-electron chi connectivity index (χ4n) is 3.56. The first-order valence-corrected chi connectivity index (χ1v) is 9.86. The third kappa shape index (κ3) is 3.27. The van der Waals surface area contributed by atoms with Crippen molar-refractivity contribution in [2.24, 2.45) is 0 Å². The Labute approximate surface area is 156 Å². The van der Waals surface area contributed by atoms with E-state index in [-0.39, 0.29) is 11.7 Å². The normalized spacial score (nSPS) is 15.7. The van der Waals surface area contributed by atoms with Gasteiger partial charge < -0.3 is 14.4 Å². The monoisotopic (exact) mass is 371 g/mol. The molecule has 0 N–H and O–H groups in total. The maximum absolute atomic E-state index is 13.6. The first-order chi connectivity index (χ1) is 12.7. The van der Waals surface area contributed by atoms with Crippen LogP contribution in [0.1, 0.15) is 23.0 Å². The van der Waals surface area contributed by atoms with Crippen LogP contribution in [0, 0.1) is 5.82 Å². The smallest absolute Gasteiger partial charge is 0.270 e. The summed E-state index contributed by atoms with van der Waals surface area (Å²) in [5, 5.41) is 3.10. The number of carbonyl (C=O) groups is 1.